The number of ether oxygens (including phenoxy) is 1. The second-order valence-corrected chi connectivity index (χ2v) is 7.16. The largest absolute Gasteiger partial charge is 0.456 e. The van der Waals surface area contributed by atoms with Gasteiger partial charge in [0.25, 0.3) is 0 Å². The number of carbonyl (C=O) groups excluding carboxylic acids is 3. The Bertz CT molecular complexity index is 878. The highest BCUT2D eigenvalue weighted by Crippen LogP contribution is 2.34. The molecule has 1 heterocycles. The minimum Gasteiger partial charge on any atom is -0.456 e. The van der Waals surface area contributed by atoms with Gasteiger partial charge in [0.1, 0.15) is 6.54 Å². The number of Topliss-reactive ketones (excluding diaryl/α,β-unsaturated/α-hetero) is 1. The van der Waals surface area contributed by atoms with E-state index in [0.717, 1.165) is 16.0 Å². The van der Waals surface area contributed by atoms with E-state index in [1.54, 1.807) is 12.1 Å². The molecule has 0 atom stereocenters. The van der Waals surface area contributed by atoms with Crippen molar-refractivity contribution in [2.45, 2.75) is 18.7 Å². The number of ketones is 1. The van der Waals surface area contributed by atoms with Crippen molar-refractivity contribution in [3.63, 3.8) is 0 Å². The number of amides is 1. The Hall–Kier alpha value is -2.60. The first-order chi connectivity index (χ1) is 12.5. The van der Waals surface area contributed by atoms with Crippen molar-refractivity contribution in [3.05, 3.63) is 59.2 Å². The number of esters is 1. The molecule has 0 unspecified atom stereocenters. The van der Waals surface area contributed by atoms with Crippen LogP contribution in [0, 0.1) is 13.8 Å². The molecule has 0 bridgehead atoms. The fourth-order valence-corrected chi connectivity index (χ4v) is 3.70. The van der Waals surface area contributed by atoms with Gasteiger partial charge in [0.15, 0.2) is 6.61 Å². The maximum atomic E-state index is 12.3. The Kier molecular flexibility index (Phi) is 5.42. The Morgan fingerprint density at radius 1 is 1.15 bits per heavy atom. The Labute approximate surface area is 156 Å². The van der Waals surface area contributed by atoms with Crippen molar-refractivity contribution in [2.75, 3.05) is 23.8 Å². The van der Waals surface area contributed by atoms with Gasteiger partial charge in [-0.25, -0.2) is 0 Å². The molecule has 0 spiro atoms. The zero-order valence-electron chi connectivity index (χ0n) is 14.7. The molecule has 1 aliphatic rings. The molecule has 0 aromatic heterocycles. The topological polar surface area (TPSA) is 63.7 Å². The molecule has 0 N–H and O–H groups in total. The van der Waals surface area contributed by atoms with E-state index in [9.17, 15) is 14.4 Å². The number of carbonyl (C=O) groups is 3. The lowest BCUT2D eigenvalue weighted by molar-refractivity contribution is -0.141. The fraction of sp³-hybridized carbons (Fsp3) is 0.250. The van der Waals surface area contributed by atoms with Crippen LogP contribution in [0.2, 0.25) is 0 Å². The highest BCUT2D eigenvalue weighted by atomic mass is 32.2. The van der Waals surface area contributed by atoms with Gasteiger partial charge < -0.3 is 4.74 Å². The van der Waals surface area contributed by atoms with Crippen LogP contribution in [0.4, 0.5) is 5.69 Å². The molecular formula is C20H19NO4S. The molecule has 3 rings (SSSR count). The summed E-state index contributed by atoms with van der Waals surface area (Å²) >= 11 is 1.45. The van der Waals surface area contributed by atoms with E-state index in [1.165, 1.54) is 16.7 Å². The quantitative estimate of drug-likeness (QED) is 0.598. The van der Waals surface area contributed by atoms with Crippen LogP contribution in [0.25, 0.3) is 0 Å². The van der Waals surface area contributed by atoms with Crippen molar-refractivity contribution in [1.82, 2.24) is 0 Å². The molecule has 0 saturated heterocycles. The molecule has 0 radical (unpaired) electrons. The minimum atomic E-state index is -0.598. The predicted octanol–water partition coefficient (Wildman–Crippen LogP) is 3.17. The van der Waals surface area contributed by atoms with Gasteiger partial charge in [-0.3, -0.25) is 19.3 Å². The molecule has 134 valence electrons. The Morgan fingerprint density at radius 2 is 1.92 bits per heavy atom. The van der Waals surface area contributed by atoms with Crippen LogP contribution < -0.4 is 4.90 Å². The summed E-state index contributed by atoms with van der Waals surface area (Å²) in [6.07, 6.45) is 0. The second kappa shape index (κ2) is 7.74. The minimum absolute atomic E-state index is 0.147. The number of benzene rings is 2. The monoisotopic (exact) mass is 369 g/mol. The van der Waals surface area contributed by atoms with E-state index in [2.05, 4.69) is 0 Å². The molecule has 0 fully saturated rings. The lowest BCUT2D eigenvalue weighted by atomic mass is 10.0. The zero-order chi connectivity index (χ0) is 18.7. The first-order valence-electron chi connectivity index (χ1n) is 8.24. The number of para-hydroxylation sites is 1. The normalized spacial score (nSPS) is 13.3. The van der Waals surface area contributed by atoms with E-state index in [1.807, 2.05) is 44.2 Å². The maximum Gasteiger partial charge on any atom is 0.326 e. The number of anilines is 1. The van der Waals surface area contributed by atoms with Gasteiger partial charge in [-0.15, -0.1) is 11.8 Å². The number of nitrogens with zero attached hydrogens (tertiary/aromatic N) is 1. The summed E-state index contributed by atoms with van der Waals surface area (Å²) in [6, 6.07) is 13.0. The lowest BCUT2D eigenvalue weighted by Gasteiger charge is -2.27. The van der Waals surface area contributed by atoms with E-state index in [-0.39, 0.29) is 30.6 Å². The molecular weight excluding hydrogens is 350 g/mol. The SMILES string of the molecule is Cc1ccc(C)c(C(=O)COC(=O)CN2C(=O)CSc3ccccc32)c1. The number of fused-ring (bicyclic) bond motifs is 1. The molecule has 0 saturated carbocycles. The van der Waals surface area contributed by atoms with Crippen molar-refractivity contribution >= 4 is 35.1 Å². The maximum absolute atomic E-state index is 12.3. The highest BCUT2D eigenvalue weighted by molar-refractivity contribution is 8.00. The Balaban J connectivity index is 1.63. The smallest absolute Gasteiger partial charge is 0.326 e. The standard InChI is InChI=1S/C20H19NO4S/c1-13-7-8-14(2)15(9-13)17(22)11-25-20(24)10-21-16-5-3-4-6-18(16)26-12-19(21)23/h3-9H,10-12H2,1-2H3. The summed E-state index contributed by atoms with van der Waals surface area (Å²) in [6.45, 7) is 3.22. The van der Waals surface area contributed by atoms with Gasteiger partial charge in [0.2, 0.25) is 11.7 Å². The summed E-state index contributed by atoms with van der Waals surface area (Å²) < 4.78 is 5.13. The molecule has 2 aromatic rings. The van der Waals surface area contributed by atoms with Crippen LogP contribution in [0.1, 0.15) is 21.5 Å². The molecule has 26 heavy (non-hydrogen) atoms. The van der Waals surface area contributed by atoms with Crippen LogP contribution in [0.3, 0.4) is 0 Å². The molecule has 6 heteroatoms. The summed E-state index contributed by atoms with van der Waals surface area (Å²) in [7, 11) is 0. The van der Waals surface area contributed by atoms with E-state index >= 15 is 0 Å². The van der Waals surface area contributed by atoms with Gasteiger partial charge in [-0.1, -0.05) is 29.8 Å². The summed E-state index contributed by atoms with van der Waals surface area (Å²) in [4.78, 5) is 39.0. The molecule has 1 aliphatic heterocycles. The molecule has 0 aliphatic carbocycles. The zero-order valence-corrected chi connectivity index (χ0v) is 15.5. The number of hydrogen-bond donors (Lipinski definition) is 0. The summed E-state index contributed by atoms with van der Waals surface area (Å²) in [5, 5.41) is 0. The fourth-order valence-electron chi connectivity index (χ4n) is 2.76. The van der Waals surface area contributed by atoms with Crippen molar-refractivity contribution in [3.8, 4) is 0 Å². The predicted molar refractivity (Wildman–Crippen MR) is 101 cm³/mol. The number of hydrogen-bond acceptors (Lipinski definition) is 5. The second-order valence-electron chi connectivity index (χ2n) is 6.14. The number of rotatable bonds is 5. The van der Waals surface area contributed by atoms with Gasteiger partial charge in [0, 0.05) is 10.5 Å². The first-order valence-corrected chi connectivity index (χ1v) is 9.22. The molecule has 2 aromatic carbocycles. The first kappa shape index (κ1) is 18.2. The highest BCUT2D eigenvalue weighted by Gasteiger charge is 2.27. The Morgan fingerprint density at radius 3 is 2.73 bits per heavy atom. The van der Waals surface area contributed by atoms with Crippen LogP contribution in [0.5, 0.6) is 0 Å². The van der Waals surface area contributed by atoms with E-state index in [4.69, 9.17) is 4.74 Å². The third kappa shape index (κ3) is 3.96. The molecule has 1 amide bonds. The van der Waals surface area contributed by atoms with Crippen LogP contribution in [0.15, 0.2) is 47.4 Å². The van der Waals surface area contributed by atoms with Crippen LogP contribution in [-0.4, -0.2) is 36.6 Å². The van der Waals surface area contributed by atoms with Crippen molar-refractivity contribution < 1.29 is 19.1 Å². The lowest BCUT2D eigenvalue weighted by Crippen LogP contribution is -2.40. The van der Waals surface area contributed by atoms with Gasteiger partial charge >= 0.3 is 5.97 Å². The summed E-state index contributed by atoms with van der Waals surface area (Å²) in [5.41, 5.74) is 3.06. The third-order valence-electron chi connectivity index (χ3n) is 4.15. The van der Waals surface area contributed by atoms with Gasteiger partial charge in [-0.2, -0.15) is 0 Å². The number of thioether (sulfide) groups is 1. The molecule has 5 nitrogen and oxygen atoms in total. The summed E-state index contributed by atoms with van der Waals surface area (Å²) in [5.74, 6) is -0.711. The average molecular weight is 369 g/mol. The van der Waals surface area contributed by atoms with Crippen molar-refractivity contribution in [2.24, 2.45) is 0 Å². The van der Waals surface area contributed by atoms with Crippen molar-refractivity contribution in [1.29, 1.82) is 0 Å². The van der Waals surface area contributed by atoms with E-state index < -0.39 is 5.97 Å². The van der Waals surface area contributed by atoms with E-state index in [0.29, 0.717) is 11.3 Å². The van der Waals surface area contributed by atoms with Crippen LogP contribution in [-0.2, 0) is 14.3 Å². The van der Waals surface area contributed by atoms with Gasteiger partial charge in [0.05, 0.1) is 11.4 Å². The van der Waals surface area contributed by atoms with Gasteiger partial charge in [-0.05, 0) is 37.6 Å². The van der Waals surface area contributed by atoms with Crippen LogP contribution >= 0.6 is 11.8 Å². The number of aryl methyl sites for hydroxylation is 2. The third-order valence-corrected chi connectivity index (χ3v) is 5.20. The average Bonchev–Trinajstić information content (AvgIpc) is 2.64.